The number of ether oxygens (including phenoxy) is 2. The van der Waals surface area contributed by atoms with Crippen molar-refractivity contribution < 1.29 is 19.1 Å². The number of rotatable bonds is 9. The van der Waals surface area contributed by atoms with E-state index in [0.717, 1.165) is 29.8 Å². The molecule has 0 unspecified atom stereocenters. The largest absolute Gasteiger partial charge is 0.454 e. The number of anilines is 1. The molecule has 2 aromatic heterocycles. The molecule has 1 aliphatic carbocycles. The third-order valence-corrected chi connectivity index (χ3v) is 7.52. The van der Waals surface area contributed by atoms with Gasteiger partial charge in [-0.3, -0.25) is 14.6 Å². The highest BCUT2D eigenvalue weighted by Crippen LogP contribution is 2.35. The van der Waals surface area contributed by atoms with Crippen molar-refractivity contribution in [3.05, 3.63) is 77.9 Å². The predicted molar refractivity (Wildman–Crippen MR) is 148 cm³/mol. The third kappa shape index (κ3) is 6.75. The molecule has 3 aromatic rings. The molecule has 1 aromatic carbocycles. The van der Waals surface area contributed by atoms with Gasteiger partial charge in [0.2, 0.25) is 18.6 Å². The van der Waals surface area contributed by atoms with E-state index in [9.17, 15) is 9.59 Å². The number of carbonyl (C=O) groups is 2. The first-order valence-corrected chi connectivity index (χ1v) is 13.9. The number of nitrogens with zero attached hydrogens (tertiary/aromatic N) is 4. The zero-order valence-corrected chi connectivity index (χ0v) is 22.8. The summed E-state index contributed by atoms with van der Waals surface area (Å²) in [4.78, 5) is 42.7. The normalized spacial score (nSPS) is 16.5. The summed E-state index contributed by atoms with van der Waals surface area (Å²) in [6.45, 7) is 4.23. The predicted octanol–water partition coefficient (Wildman–Crippen LogP) is 4.70. The van der Waals surface area contributed by atoms with Crippen LogP contribution in [0.15, 0.2) is 66.1 Å². The van der Waals surface area contributed by atoms with Crippen LogP contribution in [0.3, 0.4) is 0 Å². The summed E-state index contributed by atoms with van der Waals surface area (Å²) in [5.74, 6) is 0.900. The van der Waals surface area contributed by atoms with E-state index >= 15 is 0 Å². The Kier molecular flexibility index (Phi) is 8.41. The Morgan fingerprint density at radius 2 is 1.92 bits per heavy atom. The number of carbonyl (C=O) groups excluding carboxylic acids is 2. The number of hydrogen-bond acceptors (Lipinski definition) is 8. The van der Waals surface area contributed by atoms with Crippen LogP contribution in [0.2, 0.25) is 0 Å². The maximum Gasteiger partial charge on any atom is 0.247 e. The average Bonchev–Trinajstić information content (AvgIpc) is 3.40. The Hall–Kier alpha value is -3.92. The second-order valence-electron chi connectivity index (χ2n) is 9.65. The lowest BCUT2D eigenvalue weighted by molar-refractivity contribution is -0.139. The molecule has 3 heterocycles. The minimum atomic E-state index is -0.686. The van der Waals surface area contributed by atoms with Crippen molar-refractivity contribution in [2.24, 2.45) is 5.92 Å². The maximum absolute atomic E-state index is 14.0. The maximum atomic E-state index is 14.0. The van der Waals surface area contributed by atoms with Crippen LogP contribution < -0.4 is 14.8 Å². The van der Waals surface area contributed by atoms with Gasteiger partial charge in [0, 0.05) is 42.1 Å². The van der Waals surface area contributed by atoms with Crippen molar-refractivity contribution >= 4 is 29.3 Å². The van der Waals surface area contributed by atoms with Crippen LogP contribution in [0.4, 0.5) is 5.69 Å². The van der Waals surface area contributed by atoms with Crippen molar-refractivity contribution in [2.45, 2.75) is 50.9 Å². The molecule has 202 valence electrons. The van der Waals surface area contributed by atoms with Gasteiger partial charge in [0.1, 0.15) is 6.04 Å². The van der Waals surface area contributed by atoms with Crippen molar-refractivity contribution in [3.8, 4) is 11.5 Å². The van der Waals surface area contributed by atoms with Gasteiger partial charge in [-0.2, -0.15) is 0 Å². The molecule has 39 heavy (non-hydrogen) atoms. The summed E-state index contributed by atoms with van der Waals surface area (Å²) in [6.07, 6.45) is 10.0. The third-order valence-electron chi connectivity index (χ3n) is 6.68. The van der Waals surface area contributed by atoms with Crippen LogP contribution in [0.5, 0.6) is 11.5 Å². The first-order chi connectivity index (χ1) is 19.0. The molecule has 0 radical (unpaired) electrons. The molecule has 2 aliphatic rings. The summed E-state index contributed by atoms with van der Waals surface area (Å²) in [7, 11) is 0. The van der Waals surface area contributed by atoms with E-state index in [1.807, 2.05) is 32.0 Å². The smallest absolute Gasteiger partial charge is 0.247 e. The second kappa shape index (κ2) is 12.3. The number of amides is 2. The van der Waals surface area contributed by atoms with Gasteiger partial charge in [-0.25, -0.2) is 9.97 Å². The molecule has 0 saturated carbocycles. The van der Waals surface area contributed by atoms with Gasteiger partial charge in [0.25, 0.3) is 0 Å². The van der Waals surface area contributed by atoms with Crippen LogP contribution in [0, 0.1) is 19.8 Å². The summed E-state index contributed by atoms with van der Waals surface area (Å²) in [6, 6.07) is 10.3. The van der Waals surface area contributed by atoms with Gasteiger partial charge in [0.15, 0.2) is 16.7 Å². The van der Waals surface area contributed by atoms with E-state index < -0.39 is 6.04 Å². The molecular weight excluding hydrogens is 514 g/mol. The van der Waals surface area contributed by atoms with Crippen molar-refractivity contribution in [3.63, 3.8) is 0 Å². The van der Waals surface area contributed by atoms with Gasteiger partial charge in [-0.15, -0.1) is 0 Å². The zero-order chi connectivity index (χ0) is 27.2. The van der Waals surface area contributed by atoms with Crippen molar-refractivity contribution in [1.29, 1.82) is 0 Å². The fourth-order valence-corrected chi connectivity index (χ4v) is 5.74. The molecule has 9 nitrogen and oxygen atoms in total. The Labute approximate surface area is 232 Å². The summed E-state index contributed by atoms with van der Waals surface area (Å²) < 4.78 is 10.9. The molecular formula is C29H31N5O4S. The summed E-state index contributed by atoms with van der Waals surface area (Å²) in [5, 5.41) is 3.58. The molecule has 0 bridgehead atoms. The average molecular weight is 546 g/mol. The zero-order valence-electron chi connectivity index (χ0n) is 22.0. The van der Waals surface area contributed by atoms with E-state index in [0.29, 0.717) is 28.8 Å². The topological polar surface area (TPSA) is 107 Å². The van der Waals surface area contributed by atoms with Crippen LogP contribution >= 0.6 is 11.8 Å². The quantitative estimate of drug-likeness (QED) is 0.234. The Bertz CT molecular complexity index is 1350. The van der Waals surface area contributed by atoms with Crippen LogP contribution in [0.1, 0.15) is 36.2 Å². The fourth-order valence-electron chi connectivity index (χ4n) is 4.90. The fraction of sp³-hybridized carbons (Fsp3) is 0.345. The number of aryl methyl sites for hydroxylation is 2. The highest BCUT2D eigenvalue weighted by molar-refractivity contribution is 7.99. The van der Waals surface area contributed by atoms with E-state index in [1.165, 1.54) is 11.8 Å². The number of hydrogen-bond donors (Lipinski definition) is 1. The van der Waals surface area contributed by atoms with E-state index in [4.69, 9.17) is 9.47 Å². The number of aromatic nitrogens is 3. The van der Waals surface area contributed by atoms with E-state index in [1.54, 1.807) is 35.5 Å². The molecule has 10 heteroatoms. The Balaban J connectivity index is 1.43. The SMILES string of the molecule is Cc1cc(C)nc(SCC(=O)N(Cc2cccnc2)[C@H](C(=O)Nc2ccc3c(c2)OCO3)[C@@H]2CC=CCC2)n1. The summed E-state index contributed by atoms with van der Waals surface area (Å²) >= 11 is 1.28. The lowest BCUT2D eigenvalue weighted by atomic mass is 9.86. The molecule has 0 saturated heterocycles. The Morgan fingerprint density at radius 1 is 1.10 bits per heavy atom. The highest BCUT2D eigenvalue weighted by Gasteiger charge is 2.37. The van der Waals surface area contributed by atoms with Crippen LogP contribution in [-0.4, -0.2) is 50.3 Å². The minimum Gasteiger partial charge on any atom is -0.454 e. The van der Waals surface area contributed by atoms with Gasteiger partial charge in [0.05, 0.1) is 5.75 Å². The van der Waals surface area contributed by atoms with Crippen molar-refractivity contribution in [2.75, 3.05) is 17.9 Å². The van der Waals surface area contributed by atoms with E-state index in [2.05, 4.69) is 32.4 Å². The van der Waals surface area contributed by atoms with Crippen LogP contribution in [-0.2, 0) is 16.1 Å². The molecule has 2 amide bonds. The first-order valence-electron chi connectivity index (χ1n) is 13.0. The lowest BCUT2D eigenvalue weighted by Gasteiger charge is -2.37. The standard InChI is InChI=1S/C29H31N5O4S/c1-19-13-20(2)32-29(31-19)39-17-26(35)34(16-21-7-6-12-30-15-21)27(22-8-4-3-5-9-22)28(36)33-23-10-11-24-25(14-23)38-18-37-24/h3-4,6-7,10-15,22,27H,5,8-9,16-18H2,1-2H3,(H,33,36)/t22-,27+/m1/s1. The molecule has 1 aliphatic heterocycles. The second-order valence-corrected chi connectivity index (χ2v) is 10.6. The molecule has 1 N–H and O–H groups in total. The summed E-state index contributed by atoms with van der Waals surface area (Å²) in [5.41, 5.74) is 3.14. The number of thioether (sulfide) groups is 1. The molecule has 0 fully saturated rings. The molecule has 0 spiro atoms. The minimum absolute atomic E-state index is 0.0351. The number of pyridine rings is 1. The highest BCUT2D eigenvalue weighted by atomic mass is 32.2. The van der Waals surface area contributed by atoms with Crippen molar-refractivity contribution in [1.82, 2.24) is 19.9 Å². The number of nitrogens with one attached hydrogen (secondary N) is 1. The van der Waals surface area contributed by atoms with Gasteiger partial charge in [-0.05, 0) is 68.9 Å². The van der Waals surface area contributed by atoms with Crippen LogP contribution in [0.25, 0.3) is 0 Å². The Morgan fingerprint density at radius 3 is 2.67 bits per heavy atom. The van der Waals surface area contributed by atoms with Gasteiger partial charge in [-0.1, -0.05) is 30.0 Å². The van der Waals surface area contributed by atoms with E-state index in [-0.39, 0.29) is 36.8 Å². The number of benzene rings is 1. The molecule has 2 atom stereocenters. The lowest BCUT2D eigenvalue weighted by Crippen LogP contribution is -2.51. The van der Waals surface area contributed by atoms with Gasteiger partial charge < -0.3 is 19.7 Å². The molecule has 5 rings (SSSR count). The number of allylic oxidation sites excluding steroid dienone is 2. The first kappa shape index (κ1) is 26.7. The monoisotopic (exact) mass is 545 g/mol. The number of fused-ring (bicyclic) bond motifs is 1. The van der Waals surface area contributed by atoms with Gasteiger partial charge >= 0.3 is 0 Å².